The molecule has 0 aliphatic carbocycles. The van der Waals surface area contributed by atoms with Gasteiger partial charge in [0, 0.05) is 41.6 Å². The molecule has 0 bridgehead atoms. The summed E-state index contributed by atoms with van der Waals surface area (Å²) >= 11 is 0. The monoisotopic (exact) mass is 853 g/mol. The van der Waals surface area contributed by atoms with Crippen LogP contribution in [0.3, 0.4) is 0 Å². The van der Waals surface area contributed by atoms with Crippen LogP contribution in [0.1, 0.15) is 85.2 Å². The van der Waals surface area contributed by atoms with Crippen molar-refractivity contribution in [1.29, 1.82) is 0 Å². The molecule has 7 rings (SSSR count). The molecule has 4 heteroatoms. The molecule has 5 aromatic carbocycles. The zero-order chi connectivity index (χ0) is 41.3. The quantitative estimate of drug-likeness (QED) is 0.143. The first-order valence-electron chi connectivity index (χ1n) is 20.5. The molecule has 2 heterocycles. The third kappa shape index (κ3) is 8.82. The van der Waals surface area contributed by atoms with E-state index in [9.17, 15) is 0 Å². The maximum absolute atomic E-state index is 8.83. The van der Waals surface area contributed by atoms with Crippen molar-refractivity contribution >= 4 is 11.0 Å². The van der Waals surface area contributed by atoms with Crippen molar-refractivity contribution < 1.29 is 29.7 Å². The van der Waals surface area contributed by atoms with Gasteiger partial charge in [0.15, 0.2) is 0 Å². The molecule has 0 aliphatic rings. The van der Waals surface area contributed by atoms with Crippen molar-refractivity contribution in [3.63, 3.8) is 0 Å². The van der Waals surface area contributed by atoms with Gasteiger partial charge in [-0.1, -0.05) is 109 Å². The van der Waals surface area contributed by atoms with Crippen molar-refractivity contribution in [2.75, 3.05) is 0 Å². The summed E-state index contributed by atoms with van der Waals surface area (Å²) in [7, 11) is 0. The van der Waals surface area contributed by atoms with Crippen LogP contribution < -0.4 is 0 Å². The van der Waals surface area contributed by atoms with E-state index in [2.05, 4.69) is 17.1 Å². The molecular weight excluding hydrogens is 799 g/mol. The number of hydrogen-bond donors (Lipinski definition) is 0. The molecule has 7 aromatic rings. The van der Waals surface area contributed by atoms with E-state index in [1.807, 2.05) is 149 Å². The number of nitrogens with zero attached hydrogens (tertiary/aromatic N) is 3. The molecule has 2 aromatic heterocycles. The number of rotatable bonds is 8. The molecule has 0 atom stereocenters. The maximum atomic E-state index is 8.83. The second-order valence-corrected chi connectivity index (χ2v) is 13.0. The maximum Gasteiger partial charge on any atom is 0.0774 e. The number of pyridine rings is 1. The van der Waals surface area contributed by atoms with Gasteiger partial charge >= 0.3 is 0 Å². The first-order valence-corrected chi connectivity index (χ1v) is 17.0. The molecule has 0 amide bonds. The van der Waals surface area contributed by atoms with Crippen molar-refractivity contribution in [3.05, 3.63) is 162 Å². The van der Waals surface area contributed by atoms with Gasteiger partial charge in [-0.15, -0.1) is 71.3 Å². The van der Waals surface area contributed by atoms with Crippen molar-refractivity contribution in [2.24, 2.45) is 5.92 Å². The summed E-state index contributed by atoms with van der Waals surface area (Å²) in [6.45, 7) is 8.94. The van der Waals surface area contributed by atoms with E-state index < -0.39 is 25.0 Å². The van der Waals surface area contributed by atoms with Gasteiger partial charge in [-0.3, -0.25) is 4.98 Å². The number of aromatic nitrogens is 3. The van der Waals surface area contributed by atoms with Crippen LogP contribution in [0.15, 0.2) is 128 Å². The average molecular weight is 853 g/mol. The third-order valence-electron chi connectivity index (χ3n) is 8.37. The summed E-state index contributed by atoms with van der Waals surface area (Å²) in [5.41, 5.74) is 9.48. The molecular formula is C47H47IrN3-2. The van der Waals surface area contributed by atoms with Gasteiger partial charge in [-0.25, -0.2) is 0 Å². The normalized spacial score (nSPS) is 14.1. The first-order chi connectivity index (χ1) is 26.8. The minimum Gasteiger partial charge on any atom is -0.333 e. The first kappa shape index (κ1) is 29.0. The van der Waals surface area contributed by atoms with Crippen molar-refractivity contribution in [1.82, 2.24) is 14.5 Å². The van der Waals surface area contributed by atoms with E-state index in [0.717, 1.165) is 50.2 Å². The Morgan fingerprint density at radius 3 is 2.10 bits per heavy atom. The topological polar surface area (TPSA) is 30.7 Å². The molecule has 0 aliphatic heterocycles. The van der Waals surface area contributed by atoms with Crippen LogP contribution in [-0.4, -0.2) is 14.5 Å². The van der Waals surface area contributed by atoms with Crippen LogP contribution in [0, 0.1) is 24.9 Å². The zero-order valence-corrected chi connectivity index (χ0v) is 32.3. The van der Waals surface area contributed by atoms with E-state index >= 15 is 0 Å². The Hall–Kier alpha value is -4.63. The largest absolute Gasteiger partial charge is 0.333 e. The Morgan fingerprint density at radius 2 is 1.47 bits per heavy atom. The van der Waals surface area contributed by atoms with Crippen LogP contribution in [0.5, 0.6) is 0 Å². The molecule has 3 nitrogen and oxygen atoms in total. The summed E-state index contributed by atoms with van der Waals surface area (Å²) in [5, 5.41) is 0. The van der Waals surface area contributed by atoms with E-state index in [4.69, 9.17) is 14.6 Å². The Labute approximate surface area is 328 Å². The van der Waals surface area contributed by atoms with Gasteiger partial charge in [0.2, 0.25) is 0 Å². The fraction of sp³-hybridized carbons (Fsp3) is 0.234. The summed E-state index contributed by atoms with van der Waals surface area (Å²) in [4.78, 5) is 9.29. The fourth-order valence-electron chi connectivity index (χ4n) is 5.99. The van der Waals surface area contributed by atoms with E-state index in [-0.39, 0.29) is 31.6 Å². The zero-order valence-electron chi connectivity index (χ0n) is 36.9. The Bertz CT molecular complexity index is 2430. The summed E-state index contributed by atoms with van der Waals surface area (Å²) in [6, 6.07) is 44.1. The number of para-hydroxylation sites is 3. The van der Waals surface area contributed by atoms with E-state index in [1.165, 1.54) is 6.07 Å². The van der Waals surface area contributed by atoms with Crippen molar-refractivity contribution in [3.8, 4) is 39.5 Å². The molecule has 0 spiro atoms. The van der Waals surface area contributed by atoms with E-state index in [0.29, 0.717) is 17.0 Å². The number of imidazole rings is 1. The van der Waals surface area contributed by atoms with Crippen LogP contribution >= 0.6 is 0 Å². The SMILES string of the molecule is [2H]C([2H])([2H])c1c[c-]c(-c2nc3ccccc3n2-c2c(C([2H])(C)C)cccc2C([2H])(C)C)cc1.[2H]C([2H])(c1ccc(-c2ccnc(-c3[c-]cccc3)c2)cc1)C(C)C.[Ir]. The predicted molar refractivity (Wildman–Crippen MR) is 211 cm³/mol. The molecule has 0 unspecified atom stereocenters. The van der Waals surface area contributed by atoms with Crippen LogP contribution in [0.25, 0.3) is 50.5 Å². The number of fused-ring (bicyclic) bond motifs is 1. The van der Waals surface area contributed by atoms with Crippen LogP contribution in [-0.2, 0) is 26.5 Å². The Kier molecular flexibility index (Phi) is 9.70. The van der Waals surface area contributed by atoms with Gasteiger partial charge in [-0.05, 0) is 75.8 Å². The van der Waals surface area contributed by atoms with Gasteiger partial charge in [0.1, 0.15) is 0 Å². The Balaban J connectivity index is 0.000000228. The van der Waals surface area contributed by atoms with Gasteiger partial charge < -0.3 is 9.55 Å². The molecule has 51 heavy (non-hydrogen) atoms. The second kappa shape index (κ2) is 17.1. The average Bonchev–Trinajstić information content (AvgIpc) is 3.57. The van der Waals surface area contributed by atoms with Crippen molar-refractivity contribution in [2.45, 2.75) is 66.6 Å². The number of aryl methyl sites for hydroxylation is 1. The number of benzene rings is 5. The molecule has 0 fully saturated rings. The molecule has 1 radical (unpaired) electrons. The van der Waals surface area contributed by atoms with Gasteiger partial charge in [0.05, 0.1) is 16.9 Å². The van der Waals surface area contributed by atoms with E-state index in [1.54, 1.807) is 18.3 Å². The third-order valence-corrected chi connectivity index (χ3v) is 8.37. The molecule has 0 saturated heterocycles. The minimum absolute atomic E-state index is 0. The summed E-state index contributed by atoms with van der Waals surface area (Å²) in [6.07, 6.45) is 0.480. The van der Waals surface area contributed by atoms with Gasteiger partial charge in [0.25, 0.3) is 0 Å². The Morgan fingerprint density at radius 1 is 0.745 bits per heavy atom. The molecule has 0 saturated carbocycles. The van der Waals surface area contributed by atoms with Gasteiger partial charge in [-0.2, -0.15) is 0 Å². The fourth-order valence-corrected chi connectivity index (χ4v) is 5.99. The summed E-state index contributed by atoms with van der Waals surface area (Å²) < 4.78 is 59.0. The second-order valence-electron chi connectivity index (χ2n) is 13.0. The predicted octanol–water partition coefficient (Wildman–Crippen LogP) is 12.5. The summed E-state index contributed by atoms with van der Waals surface area (Å²) in [5.74, 6) is -1.32. The van der Waals surface area contributed by atoms with Crippen LogP contribution in [0.2, 0.25) is 0 Å². The minimum atomic E-state index is -2.21. The molecule has 261 valence electrons. The number of hydrogen-bond acceptors (Lipinski definition) is 2. The molecule has 0 N–H and O–H groups in total. The standard InChI is InChI=1S/C26H27N2.C21H20N.Ir/c1-17(2)21-9-8-10-22(18(3)4)25(21)28-24-12-7-6-11-23(24)27-26(28)20-15-13-19(5)14-16-20;1-16(2)14-17-8-10-18(11-9-17)20-12-13-22-21(15-20)19-6-4-3-5-7-19;/h6-15,17-18H,1-5H3;3-6,8-13,15-16H,14H2,1-2H3;/q2*-1;/i5D3,17D,18D;14D2;. The smallest absolute Gasteiger partial charge is 0.0774 e. The van der Waals surface area contributed by atoms with Crippen LogP contribution in [0.4, 0.5) is 0 Å².